The third kappa shape index (κ3) is 4.86. The van der Waals surface area contributed by atoms with E-state index in [0.29, 0.717) is 0 Å². The lowest BCUT2D eigenvalue weighted by Gasteiger charge is -2.35. The highest BCUT2D eigenvalue weighted by Crippen LogP contribution is 2.43. The fraction of sp³-hybridized carbons (Fsp3) is 0.565. The van der Waals surface area contributed by atoms with Crippen molar-refractivity contribution in [2.45, 2.75) is 58.8 Å². The van der Waals surface area contributed by atoms with Gasteiger partial charge < -0.3 is 4.74 Å². The van der Waals surface area contributed by atoms with E-state index < -0.39 is 0 Å². The van der Waals surface area contributed by atoms with Crippen LogP contribution >= 0.6 is 45.2 Å². The summed E-state index contributed by atoms with van der Waals surface area (Å²) in [4.78, 5) is 0. The third-order valence-corrected chi connectivity index (χ3v) is 9.32. The van der Waals surface area contributed by atoms with Gasteiger partial charge in [-0.3, -0.25) is 0 Å². The van der Waals surface area contributed by atoms with E-state index in [-0.39, 0.29) is 0 Å². The van der Waals surface area contributed by atoms with Crippen molar-refractivity contribution < 1.29 is 4.74 Å². The quantitative estimate of drug-likeness (QED) is 0.256. The first-order chi connectivity index (χ1) is 12.6. The van der Waals surface area contributed by atoms with Crippen molar-refractivity contribution in [3.63, 3.8) is 0 Å². The third-order valence-electron chi connectivity index (χ3n) is 6.09. The van der Waals surface area contributed by atoms with E-state index in [1.807, 2.05) is 6.92 Å². The summed E-state index contributed by atoms with van der Waals surface area (Å²) in [7, 11) is 0. The Labute approximate surface area is 186 Å². The predicted molar refractivity (Wildman–Crippen MR) is 129 cm³/mol. The van der Waals surface area contributed by atoms with Crippen molar-refractivity contribution in [3.8, 4) is 5.75 Å². The fourth-order valence-corrected chi connectivity index (χ4v) is 6.07. The van der Waals surface area contributed by atoms with Crippen LogP contribution < -0.4 is 4.74 Å². The first-order valence-corrected chi connectivity index (χ1v) is 12.2. The van der Waals surface area contributed by atoms with Gasteiger partial charge in [-0.05, 0) is 145 Å². The zero-order valence-electron chi connectivity index (χ0n) is 15.9. The molecule has 0 saturated heterocycles. The molecule has 0 amide bonds. The second kappa shape index (κ2) is 9.94. The number of benzene rings is 1. The van der Waals surface area contributed by atoms with Crippen LogP contribution in [0, 0.1) is 24.9 Å². The molecular formula is C23H30I2O. The van der Waals surface area contributed by atoms with E-state index in [2.05, 4.69) is 82.5 Å². The second-order valence-corrected chi connectivity index (χ2v) is 9.79. The molecule has 0 heterocycles. The van der Waals surface area contributed by atoms with Gasteiger partial charge in [-0.1, -0.05) is 18.2 Å². The zero-order chi connectivity index (χ0) is 18.5. The van der Waals surface area contributed by atoms with Crippen molar-refractivity contribution in [3.05, 3.63) is 43.1 Å². The molecule has 0 spiro atoms. The molecule has 1 aromatic rings. The maximum atomic E-state index is 5.75. The van der Waals surface area contributed by atoms with Gasteiger partial charge in [-0.2, -0.15) is 0 Å². The summed E-state index contributed by atoms with van der Waals surface area (Å²) < 4.78 is 8.36. The summed E-state index contributed by atoms with van der Waals surface area (Å²) in [6.07, 6.45) is 16.7. The fourth-order valence-electron chi connectivity index (χ4n) is 4.65. The van der Waals surface area contributed by atoms with Crippen molar-refractivity contribution in [2.24, 2.45) is 17.8 Å². The first kappa shape index (κ1) is 20.7. The van der Waals surface area contributed by atoms with Gasteiger partial charge in [0.15, 0.2) is 0 Å². The average molecular weight is 576 g/mol. The normalized spacial score (nSPS) is 26.8. The average Bonchev–Trinajstić information content (AvgIpc) is 2.67. The minimum absolute atomic E-state index is 0.728. The largest absolute Gasteiger partial charge is 0.493 e. The van der Waals surface area contributed by atoms with Gasteiger partial charge in [0.05, 0.1) is 10.2 Å². The molecule has 1 unspecified atom stereocenters. The highest BCUT2D eigenvalue weighted by molar-refractivity contribution is 14.1. The van der Waals surface area contributed by atoms with Crippen LogP contribution in [0.3, 0.4) is 0 Å². The molecule has 142 valence electrons. The molecule has 0 aromatic heterocycles. The molecular weight excluding hydrogens is 546 g/mol. The number of rotatable bonds is 5. The van der Waals surface area contributed by atoms with Crippen LogP contribution in [0.15, 0.2) is 30.4 Å². The lowest BCUT2D eigenvalue weighted by Crippen LogP contribution is -2.22. The molecule has 1 nitrogen and oxygen atoms in total. The van der Waals surface area contributed by atoms with Crippen LogP contribution in [0.25, 0.3) is 5.57 Å². The molecule has 3 heteroatoms. The Morgan fingerprint density at radius 1 is 1.04 bits per heavy atom. The van der Waals surface area contributed by atoms with Crippen LogP contribution in [0.2, 0.25) is 0 Å². The lowest BCUT2D eigenvalue weighted by molar-refractivity contribution is 0.212. The Morgan fingerprint density at radius 2 is 1.81 bits per heavy atom. The highest BCUT2D eigenvalue weighted by Gasteiger charge is 2.28. The van der Waals surface area contributed by atoms with Crippen molar-refractivity contribution >= 4 is 50.8 Å². The van der Waals surface area contributed by atoms with E-state index in [4.69, 9.17) is 4.74 Å². The maximum absolute atomic E-state index is 5.75. The van der Waals surface area contributed by atoms with Crippen LogP contribution in [0.1, 0.15) is 64.4 Å². The lowest BCUT2D eigenvalue weighted by atomic mass is 9.71. The minimum Gasteiger partial charge on any atom is -0.493 e. The van der Waals surface area contributed by atoms with Crippen LogP contribution in [-0.4, -0.2) is 6.61 Å². The Bertz CT molecular complexity index is 669. The molecule has 0 bridgehead atoms. The molecule has 3 rings (SSSR count). The summed E-state index contributed by atoms with van der Waals surface area (Å²) in [5.41, 5.74) is 2.97. The molecule has 0 N–H and O–H groups in total. The Morgan fingerprint density at radius 3 is 2.42 bits per heavy atom. The van der Waals surface area contributed by atoms with Crippen molar-refractivity contribution in [1.29, 1.82) is 0 Å². The topological polar surface area (TPSA) is 9.23 Å². The minimum atomic E-state index is 0.728. The van der Waals surface area contributed by atoms with E-state index in [1.54, 1.807) is 5.57 Å². The number of ether oxygens (including phenoxy) is 1. The zero-order valence-corrected chi connectivity index (χ0v) is 20.3. The number of hydrogen-bond donors (Lipinski definition) is 0. The summed E-state index contributed by atoms with van der Waals surface area (Å²) in [6, 6.07) is 4.42. The van der Waals surface area contributed by atoms with Gasteiger partial charge in [0.25, 0.3) is 0 Å². The van der Waals surface area contributed by atoms with Gasteiger partial charge in [-0.25, -0.2) is 0 Å². The molecule has 1 saturated carbocycles. The number of hydrogen-bond acceptors (Lipinski definition) is 1. The number of halogens is 2. The molecule has 0 radical (unpaired) electrons. The summed E-state index contributed by atoms with van der Waals surface area (Å²) in [5, 5.41) is 0. The molecule has 26 heavy (non-hydrogen) atoms. The maximum Gasteiger partial charge on any atom is 0.133 e. The van der Waals surface area contributed by atoms with Crippen molar-refractivity contribution in [1.82, 2.24) is 0 Å². The predicted octanol–water partition coefficient (Wildman–Crippen LogP) is 7.86. The van der Waals surface area contributed by atoms with Gasteiger partial charge in [0.2, 0.25) is 0 Å². The number of allylic oxidation sites excluding steroid dienone is 4. The molecule has 1 aromatic carbocycles. The monoisotopic (exact) mass is 576 g/mol. The highest BCUT2D eigenvalue weighted by atomic mass is 127. The molecule has 1 atom stereocenters. The second-order valence-electron chi connectivity index (χ2n) is 7.64. The van der Waals surface area contributed by atoms with E-state index >= 15 is 0 Å². The molecule has 2 aliphatic rings. The Balaban J connectivity index is 1.64. The summed E-state index contributed by atoms with van der Waals surface area (Å²) >= 11 is 4.93. The smallest absolute Gasteiger partial charge is 0.133 e. The SMILES string of the molecule is C/C=C/C1CCC(C2CC=C(c3ccc(OCC)c(I)c3I)CC2)CC1. The van der Waals surface area contributed by atoms with Gasteiger partial charge in [0.1, 0.15) is 5.75 Å². The van der Waals surface area contributed by atoms with Crippen LogP contribution in [0.5, 0.6) is 5.75 Å². The van der Waals surface area contributed by atoms with Crippen molar-refractivity contribution in [2.75, 3.05) is 6.61 Å². The van der Waals surface area contributed by atoms with E-state index in [1.165, 1.54) is 57.6 Å². The standard InChI is InChI=1S/C23H30I2O/c1-3-5-16-6-8-17(9-7-16)18-10-12-19(13-11-18)20-14-15-21(26-4-2)23(25)22(20)24/h3,5,12,14-18H,4,6-11,13H2,1-2H3/b5-3+. The van der Waals surface area contributed by atoms with Gasteiger partial charge in [0, 0.05) is 3.57 Å². The Hall–Kier alpha value is -0.0400. The summed E-state index contributed by atoms with van der Waals surface area (Å²) in [6.45, 7) is 4.93. The first-order valence-electron chi connectivity index (χ1n) is 10.1. The van der Waals surface area contributed by atoms with Crippen LogP contribution in [0.4, 0.5) is 0 Å². The van der Waals surface area contributed by atoms with Gasteiger partial charge >= 0.3 is 0 Å². The Kier molecular flexibility index (Phi) is 7.91. The molecule has 0 aliphatic heterocycles. The van der Waals surface area contributed by atoms with Gasteiger partial charge in [-0.15, -0.1) is 0 Å². The summed E-state index contributed by atoms with van der Waals surface area (Å²) in [5.74, 6) is 3.73. The van der Waals surface area contributed by atoms with E-state index in [0.717, 1.165) is 30.1 Å². The molecule has 2 aliphatic carbocycles. The molecule has 1 fully saturated rings. The van der Waals surface area contributed by atoms with E-state index in [9.17, 15) is 0 Å². The van der Waals surface area contributed by atoms with Crippen LogP contribution in [-0.2, 0) is 0 Å².